The normalized spacial score (nSPS) is 12.9. The summed E-state index contributed by atoms with van der Waals surface area (Å²) in [6.07, 6.45) is -0.410. The number of hydrogen-bond donors (Lipinski definition) is 1. The Labute approximate surface area is 94.9 Å². The minimum Gasteiger partial charge on any atom is -0.392 e. The Morgan fingerprint density at radius 1 is 1.33 bits per heavy atom. The van der Waals surface area contributed by atoms with Crippen molar-refractivity contribution in [2.24, 2.45) is 5.92 Å². The summed E-state index contributed by atoms with van der Waals surface area (Å²) in [5.41, 5.74) is 0.596. The molecule has 1 rings (SSSR count). The standard InChI is InChI=1S/C12H15ClO2/c1-8(2)11(14)7-12(15)9-3-5-10(13)6-4-9/h3-6,8,11,14H,7H2,1-2H3. The third-order valence-electron chi connectivity index (χ3n) is 2.33. The fraction of sp³-hybridized carbons (Fsp3) is 0.417. The second kappa shape index (κ2) is 5.29. The third-order valence-corrected chi connectivity index (χ3v) is 2.58. The van der Waals surface area contributed by atoms with Crippen molar-refractivity contribution in [3.8, 4) is 0 Å². The average molecular weight is 227 g/mol. The topological polar surface area (TPSA) is 37.3 Å². The van der Waals surface area contributed by atoms with E-state index in [-0.39, 0.29) is 18.1 Å². The molecule has 1 aromatic rings. The van der Waals surface area contributed by atoms with Crippen LogP contribution in [0.25, 0.3) is 0 Å². The van der Waals surface area contributed by atoms with E-state index in [2.05, 4.69) is 0 Å². The monoisotopic (exact) mass is 226 g/mol. The molecule has 0 radical (unpaired) electrons. The number of halogens is 1. The Bertz CT molecular complexity index is 330. The van der Waals surface area contributed by atoms with E-state index in [4.69, 9.17) is 11.6 Å². The van der Waals surface area contributed by atoms with Crippen LogP contribution in [0.1, 0.15) is 30.6 Å². The van der Waals surface area contributed by atoms with Crippen molar-refractivity contribution in [3.63, 3.8) is 0 Å². The van der Waals surface area contributed by atoms with Gasteiger partial charge in [0.15, 0.2) is 5.78 Å². The quantitative estimate of drug-likeness (QED) is 0.802. The highest BCUT2D eigenvalue weighted by molar-refractivity contribution is 6.30. The molecule has 1 atom stereocenters. The van der Waals surface area contributed by atoms with Gasteiger partial charge in [0.25, 0.3) is 0 Å². The maximum atomic E-state index is 11.7. The Hall–Kier alpha value is -0.860. The lowest BCUT2D eigenvalue weighted by atomic mass is 9.98. The van der Waals surface area contributed by atoms with Crippen molar-refractivity contribution in [1.29, 1.82) is 0 Å². The number of hydrogen-bond acceptors (Lipinski definition) is 2. The van der Waals surface area contributed by atoms with Gasteiger partial charge in [-0.05, 0) is 30.2 Å². The smallest absolute Gasteiger partial charge is 0.165 e. The highest BCUT2D eigenvalue weighted by atomic mass is 35.5. The molecule has 0 spiro atoms. The molecule has 0 aromatic heterocycles. The zero-order valence-corrected chi connectivity index (χ0v) is 9.66. The van der Waals surface area contributed by atoms with E-state index in [0.29, 0.717) is 10.6 Å². The second-order valence-corrected chi connectivity index (χ2v) is 4.38. The minimum atomic E-state index is -0.576. The first-order chi connectivity index (χ1) is 7.00. The van der Waals surface area contributed by atoms with Crippen molar-refractivity contribution >= 4 is 17.4 Å². The van der Waals surface area contributed by atoms with Crippen LogP contribution in [0.15, 0.2) is 24.3 Å². The predicted molar refractivity (Wildman–Crippen MR) is 61.2 cm³/mol. The van der Waals surface area contributed by atoms with E-state index in [1.807, 2.05) is 13.8 Å². The molecular weight excluding hydrogens is 212 g/mol. The lowest BCUT2D eigenvalue weighted by Crippen LogP contribution is -2.19. The van der Waals surface area contributed by atoms with Gasteiger partial charge < -0.3 is 5.11 Å². The van der Waals surface area contributed by atoms with Gasteiger partial charge in [-0.1, -0.05) is 25.4 Å². The number of aliphatic hydroxyl groups excluding tert-OH is 1. The highest BCUT2D eigenvalue weighted by Crippen LogP contribution is 2.14. The number of rotatable bonds is 4. The van der Waals surface area contributed by atoms with Gasteiger partial charge in [-0.25, -0.2) is 0 Å². The summed E-state index contributed by atoms with van der Waals surface area (Å²) in [6.45, 7) is 3.78. The molecule has 0 saturated carbocycles. The SMILES string of the molecule is CC(C)C(O)CC(=O)c1ccc(Cl)cc1. The largest absolute Gasteiger partial charge is 0.392 e. The summed E-state index contributed by atoms with van der Waals surface area (Å²) in [5.74, 6) is 0.0501. The van der Waals surface area contributed by atoms with Crippen molar-refractivity contribution < 1.29 is 9.90 Å². The first-order valence-corrected chi connectivity index (χ1v) is 5.35. The van der Waals surface area contributed by atoms with Crippen LogP contribution in [0.4, 0.5) is 0 Å². The van der Waals surface area contributed by atoms with Crippen molar-refractivity contribution in [3.05, 3.63) is 34.9 Å². The maximum absolute atomic E-state index is 11.7. The number of carbonyl (C=O) groups excluding carboxylic acids is 1. The fourth-order valence-electron chi connectivity index (χ4n) is 1.18. The van der Waals surface area contributed by atoms with E-state index < -0.39 is 6.10 Å². The Kier molecular flexibility index (Phi) is 4.30. The summed E-state index contributed by atoms with van der Waals surface area (Å²) >= 11 is 5.71. The number of aliphatic hydroxyl groups is 1. The van der Waals surface area contributed by atoms with E-state index in [0.717, 1.165) is 0 Å². The van der Waals surface area contributed by atoms with Gasteiger partial charge >= 0.3 is 0 Å². The predicted octanol–water partition coefficient (Wildman–Crippen LogP) is 2.93. The highest BCUT2D eigenvalue weighted by Gasteiger charge is 2.15. The summed E-state index contributed by atoms with van der Waals surface area (Å²) in [7, 11) is 0. The molecule has 2 nitrogen and oxygen atoms in total. The van der Waals surface area contributed by atoms with E-state index in [1.165, 1.54) is 0 Å². The van der Waals surface area contributed by atoms with Crippen LogP contribution >= 0.6 is 11.6 Å². The molecule has 0 fully saturated rings. The number of ketones is 1. The summed E-state index contributed by atoms with van der Waals surface area (Å²) in [5, 5.41) is 10.2. The van der Waals surface area contributed by atoms with Gasteiger partial charge in [0, 0.05) is 17.0 Å². The molecule has 0 bridgehead atoms. The third kappa shape index (κ3) is 3.65. The van der Waals surface area contributed by atoms with Crippen LogP contribution in [0.3, 0.4) is 0 Å². The molecule has 0 aliphatic carbocycles. The average Bonchev–Trinajstić information content (AvgIpc) is 2.18. The molecule has 0 saturated heterocycles. The van der Waals surface area contributed by atoms with Gasteiger partial charge in [-0.2, -0.15) is 0 Å². The molecule has 0 heterocycles. The number of benzene rings is 1. The van der Waals surface area contributed by atoms with Gasteiger partial charge in [0.05, 0.1) is 6.10 Å². The molecule has 1 N–H and O–H groups in total. The molecule has 0 amide bonds. The Balaban J connectivity index is 2.65. The molecule has 15 heavy (non-hydrogen) atoms. The van der Waals surface area contributed by atoms with Crippen LogP contribution in [-0.4, -0.2) is 17.0 Å². The molecule has 1 aromatic carbocycles. The first-order valence-electron chi connectivity index (χ1n) is 4.97. The molecule has 3 heteroatoms. The fourth-order valence-corrected chi connectivity index (χ4v) is 1.31. The summed E-state index contributed by atoms with van der Waals surface area (Å²) in [4.78, 5) is 11.7. The molecule has 82 valence electrons. The van der Waals surface area contributed by atoms with Gasteiger partial charge in [-0.15, -0.1) is 0 Å². The first kappa shape index (κ1) is 12.2. The number of carbonyl (C=O) groups is 1. The maximum Gasteiger partial charge on any atom is 0.165 e. The Morgan fingerprint density at radius 2 is 1.87 bits per heavy atom. The molecule has 0 aliphatic heterocycles. The van der Waals surface area contributed by atoms with Crippen LogP contribution in [0.5, 0.6) is 0 Å². The van der Waals surface area contributed by atoms with Crippen LogP contribution in [0.2, 0.25) is 5.02 Å². The van der Waals surface area contributed by atoms with Gasteiger partial charge in [0.2, 0.25) is 0 Å². The zero-order chi connectivity index (χ0) is 11.4. The molecule has 0 aliphatic rings. The Morgan fingerprint density at radius 3 is 2.33 bits per heavy atom. The van der Waals surface area contributed by atoms with Crippen molar-refractivity contribution in [2.75, 3.05) is 0 Å². The van der Waals surface area contributed by atoms with Crippen LogP contribution in [0, 0.1) is 5.92 Å². The van der Waals surface area contributed by atoms with Gasteiger partial charge in [0.1, 0.15) is 0 Å². The van der Waals surface area contributed by atoms with E-state index in [9.17, 15) is 9.90 Å². The number of Topliss-reactive ketones (excluding diaryl/α,β-unsaturated/α-hetero) is 1. The summed E-state index contributed by atoms with van der Waals surface area (Å²) < 4.78 is 0. The van der Waals surface area contributed by atoms with Crippen molar-refractivity contribution in [1.82, 2.24) is 0 Å². The van der Waals surface area contributed by atoms with Gasteiger partial charge in [-0.3, -0.25) is 4.79 Å². The van der Waals surface area contributed by atoms with E-state index in [1.54, 1.807) is 24.3 Å². The second-order valence-electron chi connectivity index (χ2n) is 3.95. The minimum absolute atomic E-state index is 0.0483. The lowest BCUT2D eigenvalue weighted by Gasteiger charge is -2.13. The van der Waals surface area contributed by atoms with Crippen LogP contribution < -0.4 is 0 Å². The lowest BCUT2D eigenvalue weighted by molar-refractivity contribution is 0.0790. The zero-order valence-electron chi connectivity index (χ0n) is 8.90. The van der Waals surface area contributed by atoms with E-state index >= 15 is 0 Å². The molecular formula is C12H15ClO2. The summed E-state index contributed by atoms with van der Waals surface area (Å²) in [6, 6.07) is 6.71. The van der Waals surface area contributed by atoms with Crippen molar-refractivity contribution in [2.45, 2.75) is 26.4 Å². The van der Waals surface area contributed by atoms with Crippen LogP contribution in [-0.2, 0) is 0 Å². The molecule has 1 unspecified atom stereocenters.